The zero-order valence-corrected chi connectivity index (χ0v) is 66.2. The zero-order valence-electron chi connectivity index (χ0n) is 66.2. The average molecular weight is 1480 g/mol. The molecule has 0 atom stereocenters. The second-order valence-corrected chi connectivity index (χ2v) is 30.3. The highest BCUT2D eigenvalue weighted by Crippen LogP contribution is 2.43. The third kappa shape index (κ3) is 14.8. The first kappa shape index (κ1) is 73.4. The van der Waals surface area contributed by atoms with Crippen molar-refractivity contribution in [2.45, 2.75) is 53.4 Å². The predicted molar refractivity (Wildman–Crippen MR) is 504 cm³/mol. The summed E-state index contributed by atoms with van der Waals surface area (Å²) in [6.07, 6.45) is 4.15. The quantitative estimate of drug-likeness (QED) is 0.114. The lowest BCUT2D eigenvalue weighted by Gasteiger charge is -2.15. The van der Waals surface area contributed by atoms with Crippen molar-refractivity contribution < 1.29 is 0 Å². The molecule has 21 aromatic rings. The van der Waals surface area contributed by atoms with E-state index < -0.39 is 0 Å². The summed E-state index contributed by atoms with van der Waals surface area (Å²) in [6.45, 7) is 8.93. The highest BCUT2D eigenvalue weighted by Gasteiger charge is 2.17. The lowest BCUT2D eigenvalue weighted by molar-refractivity contribution is 1.16. The maximum atomic E-state index is 2.40. The lowest BCUT2D eigenvalue weighted by atomic mass is 9.89. The van der Waals surface area contributed by atoms with Crippen molar-refractivity contribution in [2.24, 2.45) is 0 Å². The summed E-state index contributed by atoms with van der Waals surface area (Å²) in [5.41, 5.74) is 26.1. The summed E-state index contributed by atoms with van der Waals surface area (Å²) in [6, 6.07) is 155. The van der Waals surface area contributed by atoms with Gasteiger partial charge in [0.05, 0.1) is 0 Å². The van der Waals surface area contributed by atoms with Gasteiger partial charge in [-0.25, -0.2) is 0 Å². The van der Waals surface area contributed by atoms with Crippen LogP contribution >= 0.6 is 0 Å². The topological polar surface area (TPSA) is 0 Å². The summed E-state index contributed by atoms with van der Waals surface area (Å²) in [4.78, 5) is 0. The van der Waals surface area contributed by atoms with Gasteiger partial charge in [0.2, 0.25) is 0 Å². The number of rotatable bonds is 12. The molecular weight excluding hydrogens is 1390 g/mol. The van der Waals surface area contributed by atoms with Crippen LogP contribution in [0.2, 0.25) is 0 Å². The molecule has 0 saturated heterocycles. The molecule has 0 saturated carbocycles. The van der Waals surface area contributed by atoms with E-state index in [1.807, 2.05) is 0 Å². The first-order valence-electron chi connectivity index (χ1n) is 41.2. The molecule has 554 valence electrons. The van der Waals surface area contributed by atoms with Gasteiger partial charge in [-0.3, -0.25) is 0 Å². The van der Waals surface area contributed by atoms with Crippen LogP contribution < -0.4 is 0 Å². The fraction of sp³-hybridized carbons (Fsp3) is 0.0690. The number of fused-ring (bicyclic) bond motifs is 9. The van der Waals surface area contributed by atoms with Crippen molar-refractivity contribution in [3.05, 3.63) is 447 Å². The smallest absolute Gasteiger partial charge is 0.00962 e. The maximum absolute atomic E-state index is 2.40. The van der Waals surface area contributed by atoms with Gasteiger partial charge in [-0.2, -0.15) is 0 Å². The Kier molecular flexibility index (Phi) is 21.1. The second kappa shape index (κ2) is 33.3. The van der Waals surface area contributed by atoms with Crippen LogP contribution in [0.3, 0.4) is 0 Å². The van der Waals surface area contributed by atoms with Crippen LogP contribution in [-0.4, -0.2) is 0 Å². The molecule has 0 aliphatic carbocycles. The molecular formula is C116H90. The molecule has 21 rings (SSSR count). The van der Waals surface area contributed by atoms with Crippen molar-refractivity contribution in [3.63, 3.8) is 0 Å². The minimum atomic E-state index is 1.03. The van der Waals surface area contributed by atoms with Gasteiger partial charge in [-0.15, -0.1) is 0 Å². The molecule has 0 aliphatic rings. The first-order valence-corrected chi connectivity index (χ1v) is 41.2. The summed E-state index contributed by atoms with van der Waals surface area (Å²) in [5.74, 6) is 0. The van der Waals surface area contributed by atoms with Gasteiger partial charge in [0.1, 0.15) is 0 Å². The van der Waals surface area contributed by atoms with Crippen molar-refractivity contribution >= 4 is 97.0 Å². The Labute approximate surface area is 681 Å². The van der Waals surface area contributed by atoms with Crippen molar-refractivity contribution in [3.8, 4) is 89.0 Å². The van der Waals surface area contributed by atoms with Crippen LogP contribution in [0.15, 0.2) is 425 Å². The van der Waals surface area contributed by atoms with E-state index in [0.717, 1.165) is 25.7 Å². The molecule has 116 heavy (non-hydrogen) atoms. The van der Waals surface area contributed by atoms with E-state index in [1.165, 1.54) is 208 Å². The predicted octanol–water partition coefficient (Wildman–Crippen LogP) is 32.7. The van der Waals surface area contributed by atoms with Crippen LogP contribution in [0.1, 0.15) is 49.9 Å². The molecule has 0 radical (unpaired) electrons. The van der Waals surface area contributed by atoms with Gasteiger partial charge >= 0.3 is 0 Å². The van der Waals surface area contributed by atoms with E-state index in [1.54, 1.807) is 0 Å². The molecule has 0 amide bonds. The third-order valence-corrected chi connectivity index (χ3v) is 23.7. The van der Waals surface area contributed by atoms with E-state index >= 15 is 0 Å². The fourth-order valence-electron chi connectivity index (χ4n) is 17.6. The van der Waals surface area contributed by atoms with Crippen molar-refractivity contribution in [1.82, 2.24) is 0 Å². The van der Waals surface area contributed by atoms with Crippen molar-refractivity contribution in [2.75, 3.05) is 0 Å². The van der Waals surface area contributed by atoms with Crippen LogP contribution in [0, 0.1) is 0 Å². The van der Waals surface area contributed by atoms with Gasteiger partial charge in [0.25, 0.3) is 0 Å². The molecule has 21 aromatic carbocycles. The third-order valence-electron chi connectivity index (χ3n) is 23.7. The second-order valence-electron chi connectivity index (χ2n) is 30.3. The van der Waals surface area contributed by atoms with E-state index in [9.17, 15) is 0 Å². The number of benzene rings is 21. The highest BCUT2D eigenvalue weighted by molar-refractivity contribution is 6.10. The summed E-state index contributed by atoms with van der Waals surface area (Å²) in [5, 5.41) is 23.6. The minimum Gasteiger partial charge on any atom is -0.0622 e. The van der Waals surface area contributed by atoms with Gasteiger partial charge in [-0.05, 0) is 270 Å². The normalized spacial score (nSPS) is 11.2. The molecule has 0 nitrogen and oxygen atoms in total. The largest absolute Gasteiger partial charge is 0.0622 e. The van der Waals surface area contributed by atoms with Crippen molar-refractivity contribution in [1.29, 1.82) is 0 Å². The molecule has 0 heterocycles. The van der Waals surface area contributed by atoms with Crippen LogP contribution in [0.25, 0.3) is 186 Å². The molecule has 0 heteroatoms. The maximum Gasteiger partial charge on any atom is -0.00962 e. The standard InChI is InChI=1S/2C32H24.C28H22.C24H20/c1-2-22-17-20-31(30-16-8-12-24-10-4-6-14-27(24)30)32-21-25(18-19-29(22)32)28-15-7-11-23-9-3-5-13-26(23)28;1-2-22-15-17-31(29-14-12-24-8-4-6-10-26(24)20-29)32-21-28(16-18-30(22)32)27-13-11-23-7-3-5-9-25(23)19-27;1-2-20-15-17-27(21-9-4-3-5-10-21)28-19-23(16-18-26(20)28)25-14-8-12-22-11-6-7-13-24(22)25;1-2-18-13-15-23(20-11-7-4-8-12-20)24-17-21(14-16-22(18)24)19-9-5-3-6-10-19/h2*3-21H,2H2,1H3;3-19H,2H2,1H3;3-17H,2H2,1H3. The molecule has 0 spiro atoms. The number of hydrogen-bond donors (Lipinski definition) is 0. The van der Waals surface area contributed by atoms with E-state index in [2.05, 4.69) is 452 Å². The van der Waals surface area contributed by atoms with Gasteiger partial charge in [0, 0.05) is 0 Å². The molecule has 0 fully saturated rings. The molecule has 0 bridgehead atoms. The van der Waals surface area contributed by atoms with Gasteiger partial charge in [0.15, 0.2) is 0 Å². The Morgan fingerprint density at radius 1 is 0.121 bits per heavy atom. The monoisotopic (exact) mass is 1480 g/mol. The molecule has 0 N–H and O–H groups in total. The SMILES string of the molecule is CCc1ccc(-c2ccc3ccccc3c2)c2cc(-c3ccc4ccccc4c3)ccc12.CCc1ccc(-c2cccc3ccccc23)c2cc(-c3cccc4ccccc34)ccc12.CCc1ccc(-c2ccccc2)c2cc(-c3cccc4ccccc34)ccc12.CCc1ccc(-c2ccccc2)c2cc(-c3ccccc3)ccc12. The highest BCUT2D eigenvalue weighted by atomic mass is 14.2. The zero-order chi connectivity index (χ0) is 78.3. The summed E-state index contributed by atoms with van der Waals surface area (Å²) >= 11 is 0. The van der Waals surface area contributed by atoms with E-state index in [0.29, 0.717) is 0 Å². The Balaban J connectivity index is 0.000000108. The van der Waals surface area contributed by atoms with E-state index in [-0.39, 0.29) is 0 Å². The average Bonchev–Trinajstić information content (AvgIpc) is 0.774. The Bertz CT molecular complexity index is 7150. The van der Waals surface area contributed by atoms with Gasteiger partial charge in [-0.1, -0.05) is 416 Å². The molecule has 0 aliphatic heterocycles. The number of hydrogen-bond acceptors (Lipinski definition) is 0. The molecule has 0 aromatic heterocycles. The van der Waals surface area contributed by atoms with Crippen LogP contribution in [-0.2, 0) is 25.7 Å². The van der Waals surface area contributed by atoms with Gasteiger partial charge < -0.3 is 0 Å². The fourth-order valence-corrected chi connectivity index (χ4v) is 17.6. The Morgan fingerprint density at radius 2 is 0.362 bits per heavy atom. The minimum absolute atomic E-state index is 1.03. The lowest BCUT2D eigenvalue weighted by Crippen LogP contribution is -1.90. The van der Waals surface area contributed by atoms with Crippen LogP contribution in [0.4, 0.5) is 0 Å². The Morgan fingerprint density at radius 3 is 0.776 bits per heavy atom. The van der Waals surface area contributed by atoms with E-state index in [4.69, 9.17) is 0 Å². The summed E-state index contributed by atoms with van der Waals surface area (Å²) in [7, 11) is 0. The van der Waals surface area contributed by atoms with Crippen LogP contribution in [0.5, 0.6) is 0 Å². The number of aryl methyl sites for hydroxylation is 4. The first-order chi connectivity index (χ1) is 57.3. The summed E-state index contributed by atoms with van der Waals surface area (Å²) < 4.78 is 0. The molecule has 0 unspecified atom stereocenters. The Hall–Kier alpha value is -14.0.